The van der Waals surface area contributed by atoms with E-state index in [0.717, 1.165) is 0 Å². The average Bonchev–Trinajstić information content (AvgIpc) is 2.64. The summed E-state index contributed by atoms with van der Waals surface area (Å²) < 4.78 is 27.8. The summed E-state index contributed by atoms with van der Waals surface area (Å²) >= 11 is 4.55. The molecule has 0 unspecified atom stereocenters. The fourth-order valence-corrected chi connectivity index (χ4v) is 6.17. The molecule has 1 N–H and O–H groups in total. The summed E-state index contributed by atoms with van der Waals surface area (Å²) in [6.45, 7) is 5.77. The molecule has 7 heteroatoms. The van der Waals surface area contributed by atoms with Crippen LogP contribution in [0.1, 0.15) is 13.8 Å². The second-order valence-electron chi connectivity index (χ2n) is 4.62. The lowest BCUT2D eigenvalue weighted by Crippen LogP contribution is -2.59. The summed E-state index contributed by atoms with van der Waals surface area (Å²) in [6.07, 6.45) is 0. The van der Waals surface area contributed by atoms with Crippen LogP contribution >= 0.6 is 27.3 Å². The third-order valence-electron chi connectivity index (χ3n) is 2.83. The molecule has 0 amide bonds. The van der Waals surface area contributed by atoms with Crippen molar-refractivity contribution < 1.29 is 8.42 Å². The monoisotopic (exact) mass is 338 g/mol. The molecule has 1 fully saturated rings. The Kier molecular flexibility index (Phi) is 3.66. The van der Waals surface area contributed by atoms with Crippen molar-refractivity contribution in [2.45, 2.75) is 23.6 Å². The largest absolute Gasteiger partial charge is 0.314 e. The highest BCUT2D eigenvalue weighted by molar-refractivity contribution is 9.10. The van der Waals surface area contributed by atoms with Crippen LogP contribution < -0.4 is 5.32 Å². The summed E-state index contributed by atoms with van der Waals surface area (Å²) in [5, 5.41) is 5.01. The summed E-state index contributed by atoms with van der Waals surface area (Å²) in [4.78, 5) is 0. The zero-order valence-corrected chi connectivity index (χ0v) is 13.0. The van der Waals surface area contributed by atoms with Crippen LogP contribution in [0.15, 0.2) is 20.1 Å². The Balaban J connectivity index is 2.42. The molecule has 2 rings (SSSR count). The number of halogens is 1. The Morgan fingerprint density at radius 3 is 2.76 bits per heavy atom. The van der Waals surface area contributed by atoms with Gasteiger partial charge in [-0.15, -0.1) is 11.3 Å². The Morgan fingerprint density at radius 2 is 2.24 bits per heavy atom. The lowest BCUT2D eigenvalue weighted by Gasteiger charge is -2.41. The highest BCUT2D eigenvalue weighted by Crippen LogP contribution is 2.33. The number of thiophene rings is 1. The Hall–Kier alpha value is 0.0500. The molecule has 0 atom stereocenters. The van der Waals surface area contributed by atoms with Gasteiger partial charge in [-0.3, -0.25) is 0 Å². The predicted molar refractivity (Wildman–Crippen MR) is 72.9 cm³/mol. The quantitative estimate of drug-likeness (QED) is 0.895. The van der Waals surface area contributed by atoms with Crippen molar-refractivity contribution in [3.05, 3.63) is 15.9 Å². The number of nitrogens with one attached hydrogen (secondary N) is 1. The van der Waals surface area contributed by atoms with E-state index < -0.39 is 10.0 Å². The smallest absolute Gasteiger partial charge is 0.254 e. The summed E-state index contributed by atoms with van der Waals surface area (Å²) in [5.41, 5.74) is -0.388. The van der Waals surface area contributed by atoms with Crippen molar-refractivity contribution in [1.82, 2.24) is 9.62 Å². The first kappa shape index (κ1) is 13.5. The maximum atomic E-state index is 12.6. The van der Waals surface area contributed by atoms with Gasteiger partial charge in [-0.1, -0.05) is 0 Å². The van der Waals surface area contributed by atoms with E-state index in [1.165, 1.54) is 11.3 Å². The molecule has 1 aliphatic rings. The van der Waals surface area contributed by atoms with Crippen LogP contribution in [-0.2, 0) is 10.0 Å². The van der Waals surface area contributed by atoms with E-state index in [1.807, 2.05) is 13.8 Å². The van der Waals surface area contributed by atoms with Gasteiger partial charge in [-0.25, -0.2) is 8.42 Å². The van der Waals surface area contributed by atoms with E-state index in [1.54, 1.807) is 15.8 Å². The van der Waals surface area contributed by atoms with Gasteiger partial charge in [0.25, 0.3) is 10.0 Å². The first-order chi connectivity index (χ1) is 7.86. The van der Waals surface area contributed by atoms with Crippen molar-refractivity contribution in [2.75, 3.05) is 19.6 Å². The number of sulfonamides is 1. The number of rotatable bonds is 2. The number of hydrogen-bond donors (Lipinski definition) is 1. The maximum absolute atomic E-state index is 12.6. The molecular formula is C10H15BrN2O2S2. The van der Waals surface area contributed by atoms with Crippen LogP contribution in [0.25, 0.3) is 0 Å². The second kappa shape index (κ2) is 4.62. The Labute approximate surface area is 114 Å². The minimum atomic E-state index is -3.39. The second-order valence-corrected chi connectivity index (χ2v) is 8.45. The van der Waals surface area contributed by atoms with Gasteiger partial charge in [-0.2, -0.15) is 4.31 Å². The van der Waals surface area contributed by atoms with E-state index in [2.05, 4.69) is 21.2 Å². The maximum Gasteiger partial charge on any atom is 0.254 e. The van der Waals surface area contributed by atoms with Crippen LogP contribution in [0, 0.1) is 0 Å². The molecule has 0 aromatic carbocycles. The van der Waals surface area contributed by atoms with Gasteiger partial charge in [0.05, 0.1) is 0 Å². The van der Waals surface area contributed by atoms with Gasteiger partial charge in [-0.05, 0) is 41.2 Å². The topological polar surface area (TPSA) is 49.4 Å². The number of piperazine rings is 1. The molecule has 96 valence electrons. The van der Waals surface area contributed by atoms with Crippen molar-refractivity contribution in [3.63, 3.8) is 0 Å². The molecule has 0 aliphatic carbocycles. The SMILES string of the molecule is CC1(C)CNCCN1S(=O)(=O)c1sccc1Br. The molecule has 0 radical (unpaired) electrons. The van der Waals surface area contributed by atoms with Gasteiger partial charge < -0.3 is 5.32 Å². The van der Waals surface area contributed by atoms with Gasteiger partial charge in [0.1, 0.15) is 4.21 Å². The zero-order chi connectivity index (χ0) is 12.7. The Bertz CT molecular complexity index is 510. The molecule has 1 saturated heterocycles. The molecule has 1 aromatic rings. The predicted octanol–water partition coefficient (Wildman–Crippen LogP) is 1.88. The molecule has 17 heavy (non-hydrogen) atoms. The zero-order valence-electron chi connectivity index (χ0n) is 9.73. The minimum absolute atomic E-state index is 0.388. The fourth-order valence-electron chi connectivity index (χ4n) is 1.98. The summed E-state index contributed by atoms with van der Waals surface area (Å²) in [7, 11) is -3.39. The molecule has 1 aliphatic heterocycles. The molecular weight excluding hydrogens is 324 g/mol. The fraction of sp³-hybridized carbons (Fsp3) is 0.600. The van der Waals surface area contributed by atoms with Crippen LogP contribution in [0.5, 0.6) is 0 Å². The highest BCUT2D eigenvalue weighted by Gasteiger charge is 2.40. The van der Waals surface area contributed by atoms with Crippen molar-refractivity contribution in [3.8, 4) is 0 Å². The standard InChI is InChI=1S/C10H15BrN2O2S2/c1-10(2)7-12-4-5-13(10)17(14,15)9-8(11)3-6-16-9/h3,6,12H,4-5,7H2,1-2H3. The van der Waals surface area contributed by atoms with Crippen molar-refractivity contribution in [2.24, 2.45) is 0 Å². The minimum Gasteiger partial charge on any atom is -0.314 e. The van der Waals surface area contributed by atoms with Crippen LogP contribution in [0.2, 0.25) is 0 Å². The molecule has 1 aromatic heterocycles. The van der Waals surface area contributed by atoms with Crippen molar-refractivity contribution >= 4 is 37.3 Å². The third-order valence-corrected chi connectivity index (χ3v) is 7.59. The van der Waals surface area contributed by atoms with Crippen molar-refractivity contribution in [1.29, 1.82) is 0 Å². The van der Waals surface area contributed by atoms with E-state index in [0.29, 0.717) is 28.3 Å². The molecule has 0 spiro atoms. The van der Waals surface area contributed by atoms with E-state index in [9.17, 15) is 8.42 Å². The van der Waals surface area contributed by atoms with Crippen LogP contribution in [-0.4, -0.2) is 37.9 Å². The summed E-state index contributed by atoms with van der Waals surface area (Å²) in [5.74, 6) is 0. The number of nitrogens with zero attached hydrogens (tertiary/aromatic N) is 1. The number of hydrogen-bond acceptors (Lipinski definition) is 4. The highest BCUT2D eigenvalue weighted by atomic mass is 79.9. The first-order valence-corrected chi connectivity index (χ1v) is 8.43. The third kappa shape index (κ3) is 2.44. The van der Waals surface area contributed by atoms with Gasteiger partial charge >= 0.3 is 0 Å². The molecule has 2 heterocycles. The molecule has 0 saturated carbocycles. The van der Waals surface area contributed by atoms with E-state index >= 15 is 0 Å². The van der Waals surface area contributed by atoms with Gasteiger partial charge in [0.2, 0.25) is 0 Å². The van der Waals surface area contributed by atoms with Crippen LogP contribution in [0.3, 0.4) is 0 Å². The van der Waals surface area contributed by atoms with E-state index in [4.69, 9.17) is 0 Å². The summed E-state index contributed by atoms with van der Waals surface area (Å²) in [6, 6.07) is 1.77. The van der Waals surface area contributed by atoms with Crippen LogP contribution in [0.4, 0.5) is 0 Å². The normalized spacial score (nSPS) is 21.6. The first-order valence-electron chi connectivity index (χ1n) is 5.32. The van der Waals surface area contributed by atoms with E-state index in [-0.39, 0.29) is 5.54 Å². The Morgan fingerprint density at radius 1 is 1.53 bits per heavy atom. The average molecular weight is 339 g/mol. The molecule has 4 nitrogen and oxygen atoms in total. The lowest BCUT2D eigenvalue weighted by atomic mass is 10.0. The lowest BCUT2D eigenvalue weighted by molar-refractivity contribution is 0.186. The molecule has 0 bridgehead atoms. The van der Waals surface area contributed by atoms with Gasteiger partial charge in [0.15, 0.2) is 0 Å². The van der Waals surface area contributed by atoms with Gasteiger partial charge in [0, 0.05) is 29.6 Å².